The van der Waals surface area contributed by atoms with Crippen LogP contribution in [0.15, 0.2) is 42.5 Å². The highest BCUT2D eigenvalue weighted by Gasteiger charge is 2.05. The average Bonchev–Trinajstić information content (AvgIpc) is 2.39. The Morgan fingerprint density at radius 1 is 1.06 bits per heavy atom. The van der Waals surface area contributed by atoms with E-state index in [4.69, 9.17) is 4.74 Å². The van der Waals surface area contributed by atoms with E-state index in [2.05, 4.69) is 0 Å². The van der Waals surface area contributed by atoms with Gasteiger partial charge in [0.1, 0.15) is 18.6 Å². The number of hydrogen-bond donors (Lipinski definition) is 0. The molecule has 0 amide bonds. The zero-order valence-electron chi connectivity index (χ0n) is 10.6. The highest BCUT2D eigenvalue weighted by Crippen LogP contribution is 2.22. The van der Waals surface area contributed by atoms with Crippen molar-refractivity contribution in [2.75, 3.05) is 0 Å². The molecule has 0 heterocycles. The summed E-state index contributed by atoms with van der Waals surface area (Å²) in [6.45, 7) is 4.43. The van der Waals surface area contributed by atoms with E-state index in [1.807, 2.05) is 50.2 Å². The van der Waals surface area contributed by atoms with Gasteiger partial charge in [0.25, 0.3) is 0 Å². The first-order valence-electron chi connectivity index (χ1n) is 5.94. The van der Waals surface area contributed by atoms with Crippen LogP contribution < -0.4 is 4.74 Å². The van der Waals surface area contributed by atoms with Crippen LogP contribution in [0.5, 0.6) is 5.75 Å². The zero-order valence-corrected chi connectivity index (χ0v) is 10.6. The van der Waals surface area contributed by atoms with Crippen LogP contribution in [-0.4, -0.2) is 6.29 Å². The Labute approximate surface area is 107 Å². The Morgan fingerprint density at radius 2 is 1.78 bits per heavy atom. The van der Waals surface area contributed by atoms with Gasteiger partial charge in [-0.2, -0.15) is 0 Å². The van der Waals surface area contributed by atoms with E-state index in [0.717, 1.165) is 28.7 Å². The van der Waals surface area contributed by atoms with Gasteiger partial charge in [-0.1, -0.05) is 36.4 Å². The molecule has 0 bridgehead atoms. The van der Waals surface area contributed by atoms with E-state index in [0.29, 0.717) is 12.2 Å². The Morgan fingerprint density at radius 3 is 2.44 bits per heavy atom. The van der Waals surface area contributed by atoms with Gasteiger partial charge >= 0.3 is 0 Å². The summed E-state index contributed by atoms with van der Waals surface area (Å²) in [7, 11) is 0. The summed E-state index contributed by atoms with van der Waals surface area (Å²) in [5.41, 5.74) is 3.83. The smallest absolute Gasteiger partial charge is 0.150 e. The van der Waals surface area contributed by atoms with Gasteiger partial charge in [0.15, 0.2) is 0 Å². The lowest BCUT2D eigenvalue weighted by atomic mass is 10.1. The van der Waals surface area contributed by atoms with Crippen molar-refractivity contribution in [2.45, 2.75) is 20.5 Å². The van der Waals surface area contributed by atoms with Crippen molar-refractivity contribution in [3.63, 3.8) is 0 Å². The number of carbonyl (C=O) groups excluding carboxylic acids is 1. The van der Waals surface area contributed by atoms with Gasteiger partial charge in [0, 0.05) is 5.56 Å². The number of benzene rings is 2. The number of ether oxygens (including phenoxy) is 1. The molecule has 2 nitrogen and oxygen atoms in total. The van der Waals surface area contributed by atoms with E-state index in [-0.39, 0.29) is 0 Å². The summed E-state index contributed by atoms with van der Waals surface area (Å²) in [6.07, 6.45) is 0.865. The standard InChI is InChI=1S/C16H16O2/c1-12-8-13(2)16(9-15(12)10-17)18-11-14-6-4-3-5-7-14/h3-10H,11H2,1-2H3. The highest BCUT2D eigenvalue weighted by atomic mass is 16.5. The molecule has 2 aromatic rings. The molecule has 0 N–H and O–H groups in total. The Hall–Kier alpha value is -2.09. The quantitative estimate of drug-likeness (QED) is 0.762. The molecule has 0 atom stereocenters. The van der Waals surface area contributed by atoms with E-state index in [1.165, 1.54) is 0 Å². The molecular formula is C16H16O2. The molecule has 2 rings (SSSR count). The van der Waals surface area contributed by atoms with Crippen LogP contribution in [0, 0.1) is 13.8 Å². The number of carbonyl (C=O) groups is 1. The van der Waals surface area contributed by atoms with Crippen LogP contribution in [0.1, 0.15) is 27.0 Å². The minimum Gasteiger partial charge on any atom is -0.489 e. The summed E-state index contributed by atoms with van der Waals surface area (Å²) in [5.74, 6) is 0.770. The van der Waals surface area contributed by atoms with Gasteiger partial charge in [0.05, 0.1) is 0 Å². The van der Waals surface area contributed by atoms with Crippen molar-refractivity contribution in [3.05, 3.63) is 64.7 Å². The second kappa shape index (κ2) is 5.50. The number of rotatable bonds is 4. The van der Waals surface area contributed by atoms with Gasteiger partial charge in [-0.25, -0.2) is 0 Å². The molecule has 2 heteroatoms. The fourth-order valence-corrected chi connectivity index (χ4v) is 1.87. The number of hydrogen-bond acceptors (Lipinski definition) is 2. The predicted octanol–water partition coefficient (Wildman–Crippen LogP) is 3.69. The highest BCUT2D eigenvalue weighted by molar-refractivity contribution is 5.78. The normalized spacial score (nSPS) is 10.1. The Kier molecular flexibility index (Phi) is 3.78. The second-order valence-corrected chi connectivity index (χ2v) is 4.37. The molecule has 0 aliphatic heterocycles. The molecule has 92 valence electrons. The van der Waals surface area contributed by atoms with Crippen molar-refractivity contribution in [1.82, 2.24) is 0 Å². The monoisotopic (exact) mass is 240 g/mol. The molecule has 0 aliphatic carbocycles. The van der Waals surface area contributed by atoms with E-state index in [9.17, 15) is 4.79 Å². The minimum absolute atomic E-state index is 0.517. The van der Waals surface area contributed by atoms with Gasteiger partial charge < -0.3 is 4.74 Å². The van der Waals surface area contributed by atoms with E-state index < -0.39 is 0 Å². The summed E-state index contributed by atoms with van der Waals surface area (Å²) in [4.78, 5) is 10.9. The third kappa shape index (κ3) is 2.77. The molecule has 0 aliphatic rings. The molecule has 0 aromatic heterocycles. The van der Waals surface area contributed by atoms with Gasteiger partial charge in [0.2, 0.25) is 0 Å². The summed E-state index contributed by atoms with van der Waals surface area (Å²) >= 11 is 0. The Bertz CT molecular complexity index is 545. The summed E-state index contributed by atoms with van der Waals surface area (Å²) in [6, 6.07) is 13.8. The van der Waals surface area contributed by atoms with Crippen LogP contribution in [0.4, 0.5) is 0 Å². The van der Waals surface area contributed by atoms with Crippen molar-refractivity contribution >= 4 is 6.29 Å². The lowest BCUT2D eigenvalue weighted by Crippen LogP contribution is -1.99. The molecule has 2 aromatic carbocycles. The first-order chi connectivity index (χ1) is 8.70. The van der Waals surface area contributed by atoms with E-state index in [1.54, 1.807) is 6.07 Å². The molecule has 0 saturated heterocycles. The van der Waals surface area contributed by atoms with Crippen molar-refractivity contribution in [2.24, 2.45) is 0 Å². The first kappa shape index (κ1) is 12.4. The van der Waals surface area contributed by atoms with Gasteiger partial charge in [-0.05, 0) is 36.6 Å². The summed E-state index contributed by atoms with van der Waals surface area (Å²) in [5, 5.41) is 0. The number of aryl methyl sites for hydroxylation is 2. The fraction of sp³-hybridized carbons (Fsp3) is 0.188. The fourth-order valence-electron chi connectivity index (χ4n) is 1.87. The predicted molar refractivity (Wildman–Crippen MR) is 72.1 cm³/mol. The largest absolute Gasteiger partial charge is 0.489 e. The number of aldehydes is 1. The zero-order chi connectivity index (χ0) is 13.0. The van der Waals surface area contributed by atoms with Gasteiger partial charge in [-0.15, -0.1) is 0 Å². The van der Waals surface area contributed by atoms with Crippen LogP contribution >= 0.6 is 0 Å². The SMILES string of the molecule is Cc1cc(C)c(OCc2ccccc2)cc1C=O. The topological polar surface area (TPSA) is 26.3 Å². The van der Waals surface area contributed by atoms with Crippen LogP contribution in [0.2, 0.25) is 0 Å². The molecule has 0 radical (unpaired) electrons. The molecular weight excluding hydrogens is 224 g/mol. The third-order valence-electron chi connectivity index (χ3n) is 2.93. The second-order valence-electron chi connectivity index (χ2n) is 4.37. The van der Waals surface area contributed by atoms with Gasteiger partial charge in [-0.3, -0.25) is 4.79 Å². The third-order valence-corrected chi connectivity index (χ3v) is 2.93. The van der Waals surface area contributed by atoms with Crippen molar-refractivity contribution < 1.29 is 9.53 Å². The van der Waals surface area contributed by atoms with Crippen LogP contribution in [-0.2, 0) is 6.61 Å². The average molecular weight is 240 g/mol. The molecule has 0 spiro atoms. The minimum atomic E-state index is 0.517. The first-order valence-corrected chi connectivity index (χ1v) is 5.94. The van der Waals surface area contributed by atoms with E-state index >= 15 is 0 Å². The Balaban J connectivity index is 2.17. The van der Waals surface area contributed by atoms with Crippen molar-refractivity contribution in [3.8, 4) is 5.75 Å². The molecule has 0 unspecified atom stereocenters. The lowest BCUT2D eigenvalue weighted by Gasteiger charge is -2.11. The maximum Gasteiger partial charge on any atom is 0.150 e. The molecule has 0 saturated carbocycles. The lowest BCUT2D eigenvalue weighted by molar-refractivity contribution is 0.112. The maximum atomic E-state index is 10.9. The molecule has 18 heavy (non-hydrogen) atoms. The van der Waals surface area contributed by atoms with Crippen molar-refractivity contribution in [1.29, 1.82) is 0 Å². The maximum absolute atomic E-state index is 10.9. The van der Waals surface area contributed by atoms with Crippen LogP contribution in [0.3, 0.4) is 0 Å². The van der Waals surface area contributed by atoms with Crippen LogP contribution in [0.25, 0.3) is 0 Å². The summed E-state index contributed by atoms with van der Waals surface area (Å²) < 4.78 is 5.76. The molecule has 0 fully saturated rings.